The van der Waals surface area contributed by atoms with E-state index in [9.17, 15) is 13.2 Å². The van der Waals surface area contributed by atoms with E-state index in [-0.39, 0.29) is 10.8 Å². The molecule has 0 atom stereocenters. The van der Waals surface area contributed by atoms with Crippen molar-refractivity contribution in [3.8, 4) is 0 Å². The van der Waals surface area contributed by atoms with E-state index in [1.54, 1.807) is 24.3 Å². The second-order valence-corrected chi connectivity index (χ2v) is 9.95. The van der Waals surface area contributed by atoms with E-state index in [0.717, 1.165) is 18.7 Å². The quantitative estimate of drug-likeness (QED) is 0.793. The second kappa shape index (κ2) is 8.78. The average Bonchev–Trinajstić information content (AvgIpc) is 3.30. The molecule has 0 radical (unpaired) electrons. The lowest BCUT2D eigenvalue weighted by Gasteiger charge is -2.38. The van der Waals surface area contributed by atoms with Gasteiger partial charge in [-0.1, -0.05) is 36.6 Å². The van der Waals surface area contributed by atoms with E-state index in [1.165, 1.54) is 37.8 Å². The zero-order chi connectivity index (χ0) is 21.1. The van der Waals surface area contributed by atoms with E-state index >= 15 is 0 Å². The maximum absolute atomic E-state index is 13.0. The molecule has 6 nitrogen and oxygen atoms in total. The largest absolute Gasteiger partial charge is 0.336 e. The third-order valence-corrected chi connectivity index (χ3v) is 7.52. The Kier molecular flexibility index (Phi) is 6.11. The molecule has 2 fully saturated rings. The third-order valence-electron chi connectivity index (χ3n) is 6.14. The highest BCUT2D eigenvalue weighted by molar-refractivity contribution is 7.92. The number of carbonyl (C=O) groups excluding carboxylic acids is 1. The lowest BCUT2D eigenvalue weighted by atomic mass is 10.1. The van der Waals surface area contributed by atoms with Crippen molar-refractivity contribution in [1.29, 1.82) is 0 Å². The Bertz CT molecular complexity index is 991. The van der Waals surface area contributed by atoms with Crippen LogP contribution in [0.5, 0.6) is 0 Å². The highest BCUT2D eigenvalue weighted by Crippen LogP contribution is 2.25. The minimum absolute atomic E-state index is 0.0958. The summed E-state index contributed by atoms with van der Waals surface area (Å²) < 4.78 is 28.2. The molecule has 1 heterocycles. The van der Waals surface area contributed by atoms with Gasteiger partial charge < -0.3 is 4.90 Å². The van der Waals surface area contributed by atoms with Crippen molar-refractivity contribution in [2.45, 2.75) is 43.5 Å². The molecule has 1 amide bonds. The van der Waals surface area contributed by atoms with Gasteiger partial charge in [0.2, 0.25) is 0 Å². The van der Waals surface area contributed by atoms with Crippen LogP contribution in [-0.2, 0) is 10.0 Å². The normalized spacial score (nSPS) is 18.5. The summed E-state index contributed by atoms with van der Waals surface area (Å²) in [5.41, 5.74) is 1.97. The van der Waals surface area contributed by atoms with Gasteiger partial charge in [0.05, 0.1) is 4.90 Å². The first kappa shape index (κ1) is 20.9. The fourth-order valence-corrected chi connectivity index (χ4v) is 5.48. The summed E-state index contributed by atoms with van der Waals surface area (Å²) >= 11 is 0. The molecule has 2 aliphatic rings. The standard InChI is InChI=1S/C23H29N3O3S/c1-18-9-11-20(12-10-18)24-30(28,29)22-8-4-5-19(17-22)23(27)26-15-13-25(14-16-26)21-6-2-3-7-21/h4-5,8-12,17,21,24H,2-3,6-7,13-16H2,1H3. The van der Waals surface area contributed by atoms with Crippen molar-refractivity contribution in [2.24, 2.45) is 0 Å². The summed E-state index contributed by atoms with van der Waals surface area (Å²) in [6.07, 6.45) is 5.15. The number of anilines is 1. The van der Waals surface area contributed by atoms with Gasteiger partial charge in [-0.2, -0.15) is 0 Å². The highest BCUT2D eigenvalue weighted by Gasteiger charge is 2.28. The molecule has 7 heteroatoms. The number of aryl methyl sites for hydroxylation is 1. The fraction of sp³-hybridized carbons (Fsp3) is 0.435. The Labute approximate surface area is 178 Å². The van der Waals surface area contributed by atoms with Crippen LogP contribution in [0.2, 0.25) is 0 Å². The molecule has 160 valence electrons. The number of nitrogens with one attached hydrogen (secondary N) is 1. The maximum atomic E-state index is 13.0. The van der Waals surface area contributed by atoms with Gasteiger partial charge in [0.15, 0.2) is 0 Å². The summed E-state index contributed by atoms with van der Waals surface area (Å²) in [5, 5.41) is 0. The minimum atomic E-state index is -3.76. The first-order valence-electron chi connectivity index (χ1n) is 10.7. The average molecular weight is 428 g/mol. The SMILES string of the molecule is Cc1ccc(NS(=O)(=O)c2cccc(C(=O)N3CCN(C4CCCC4)CC3)c2)cc1. The Morgan fingerprint density at radius 1 is 0.967 bits per heavy atom. The van der Waals surface area contributed by atoms with Crippen LogP contribution in [0.4, 0.5) is 5.69 Å². The van der Waals surface area contributed by atoms with Crippen LogP contribution in [0.15, 0.2) is 53.4 Å². The first-order valence-corrected chi connectivity index (χ1v) is 12.1. The molecule has 0 aromatic heterocycles. The van der Waals surface area contributed by atoms with Gasteiger partial charge in [-0.3, -0.25) is 14.4 Å². The van der Waals surface area contributed by atoms with Crippen molar-refractivity contribution in [3.05, 3.63) is 59.7 Å². The number of hydrogen-bond donors (Lipinski definition) is 1. The van der Waals surface area contributed by atoms with Gasteiger partial charge in [0.1, 0.15) is 0 Å². The number of hydrogen-bond acceptors (Lipinski definition) is 4. The van der Waals surface area contributed by atoms with Crippen LogP contribution < -0.4 is 4.72 Å². The summed E-state index contributed by atoms with van der Waals surface area (Å²) in [5.74, 6) is -0.103. The number of piperazine rings is 1. The smallest absolute Gasteiger partial charge is 0.261 e. The number of rotatable bonds is 5. The van der Waals surface area contributed by atoms with E-state index in [4.69, 9.17) is 0 Å². The topological polar surface area (TPSA) is 69.7 Å². The molecule has 1 aliphatic carbocycles. The molecule has 2 aromatic rings. The number of sulfonamides is 1. The molecule has 1 N–H and O–H groups in total. The Balaban J connectivity index is 1.43. The molecular formula is C23H29N3O3S. The Morgan fingerprint density at radius 2 is 1.63 bits per heavy atom. The van der Waals surface area contributed by atoms with Gasteiger partial charge in [0, 0.05) is 43.5 Å². The van der Waals surface area contributed by atoms with Crippen molar-refractivity contribution < 1.29 is 13.2 Å². The van der Waals surface area contributed by atoms with Crippen molar-refractivity contribution in [2.75, 3.05) is 30.9 Å². The monoisotopic (exact) mass is 427 g/mol. The summed E-state index contributed by atoms with van der Waals surface area (Å²) in [6, 6.07) is 14.1. The van der Waals surface area contributed by atoms with Gasteiger partial charge in [-0.15, -0.1) is 0 Å². The second-order valence-electron chi connectivity index (χ2n) is 8.27. The highest BCUT2D eigenvalue weighted by atomic mass is 32.2. The summed E-state index contributed by atoms with van der Waals surface area (Å²) in [7, 11) is -3.76. The van der Waals surface area contributed by atoms with Crippen LogP contribution in [0.25, 0.3) is 0 Å². The zero-order valence-corrected chi connectivity index (χ0v) is 18.2. The molecule has 0 unspecified atom stereocenters. The van der Waals surface area contributed by atoms with E-state index in [2.05, 4.69) is 9.62 Å². The van der Waals surface area contributed by atoms with Crippen molar-refractivity contribution in [1.82, 2.24) is 9.80 Å². The molecule has 1 aliphatic heterocycles. The summed E-state index contributed by atoms with van der Waals surface area (Å²) in [4.78, 5) is 17.4. The zero-order valence-electron chi connectivity index (χ0n) is 17.4. The van der Waals surface area contributed by atoms with Gasteiger partial charge in [-0.05, 0) is 50.1 Å². The predicted molar refractivity (Wildman–Crippen MR) is 118 cm³/mol. The number of nitrogens with zero attached hydrogens (tertiary/aromatic N) is 2. The predicted octanol–water partition coefficient (Wildman–Crippen LogP) is 3.50. The van der Waals surface area contributed by atoms with E-state index in [0.29, 0.717) is 30.4 Å². The number of benzene rings is 2. The van der Waals surface area contributed by atoms with Crippen LogP contribution in [-0.4, -0.2) is 56.3 Å². The molecule has 1 saturated heterocycles. The minimum Gasteiger partial charge on any atom is -0.336 e. The van der Waals surface area contributed by atoms with E-state index < -0.39 is 10.0 Å². The van der Waals surface area contributed by atoms with Crippen LogP contribution >= 0.6 is 0 Å². The van der Waals surface area contributed by atoms with Gasteiger partial charge in [-0.25, -0.2) is 8.42 Å². The van der Waals surface area contributed by atoms with Crippen LogP contribution in [0, 0.1) is 6.92 Å². The first-order chi connectivity index (χ1) is 14.4. The van der Waals surface area contributed by atoms with Gasteiger partial charge in [0.25, 0.3) is 15.9 Å². The molecular weight excluding hydrogens is 398 g/mol. The van der Waals surface area contributed by atoms with Crippen LogP contribution in [0.1, 0.15) is 41.6 Å². The maximum Gasteiger partial charge on any atom is 0.261 e. The molecule has 0 bridgehead atoms. The molecule has 0 spiro atoms. The van der Waals surface area contributed by atoms with Crippen molar-refractivity contribution in [3.63, 3.8) is 0 Å². The van der Waals surface area contributed by atoms with E-state index in [1.807, 2.05) is 24.0 Å². The lowest BCUT2D eigenvalue weighted by molar-refractivity contribution is 0.0573. The van der Waals surface area contributed by atoms with Crippen LogP contribution in [0.3, 0.4) is 0 Å². The Hall–Kier alpha value is -2.38. The number of carbonyl (C=O) groups is 1. The fourth-order valence-electron chi connectivity index (χ4n) is 4.37. The molecule has 4 rings (SSSR count). The van der Waals surface area contributed by atoms with Crippen molar-refractivity contribution >= 4 is 21.6 Å². The molecule has 1 saturated carbocycles. The molecule has 30 heavy (non-hydrogen) atoms. The molecule has 2 aromatic carbocycles. The Morgan fingerprint density at radius 3 is 2.30 bits per heavy atom. The lowest BCUT2D eigenvalue weighted by Crippen LogP contribution is -2.51. The summed E-state index contributed by atoms with van der Waals surface area (Å²) in [6.45, 7) is 5.11. The number of amides is 1. The third kappa shape index (κ3) is 4.68. The van der Waals surface area contributed by atoms with Gasteiger partial charge >= 0.3 is 0 Å².